The lowest BCUT2D eigenvalue weighted by Gasteiger charge is -2.27. The van der Waals surface area contributed by atoms with E-state index in [1.54, 1.807) is 14.2 Å². The highest BCUT2D eigenvalue weighted by atomic mass is 79.9. The number of nitrogens with zero attached hydrogens (tertiary/aromatic N) is 1. The summed E-state index contributed by atoms with van der Waals surface area (Å²) in [4.78, 5) is 2.30. The summed E-state index contributed by atoms with van der Waals surface area (Å²) in [6.45, 7) is 4.62. The lowest BCUT2D eigenvalue weighted by molar-refractivity contribution is 0.230. The van der Waals surface area contributed by atoms with Crippen molar-refractivity contribution in [3.63, 3.8) is 0 Å². The predicted octanol–water partition coefficient (Wildman–Crippen LogP) is 1.58. The van der Waals surface area contributed by atoms with Crippen molar-refractivity contribution in [2.24, 2.45) is 0 Å². The Kier molecular flexibility index (Phi) is 4.90. The molecule has 0 amide bonds. The third-order valence-corrected chi connectivity index (χ3v) is 4.00. The molecule has 0 bridgehead atoms. The largest absolute Gasteiger partial charge is 0.506 e. The van der Waals surface area contributed by atoms with Crippen LogP contribution in [0.2, 0.25) is 0 Å². The van der Waals surface area contributed by atoms with Crippen LogP contribution in [0.5, 0.6) is 17.2 Å². The summed E-state index contributed by atoms with van der Waals surface area (Å²) in [6, 6.07) is 1.83. The van der Waals surface area contributed by atoms with Crippen molar-refractivity contribution in [1.29, 1.82) is 0 Å². The van der Waals surface area contributed by atoms with E-state index in [4.69, 9.17) is 9.47 Å². The van der Waals surface area contributed by atoms with Crippen LogP contribution in [0, 0.1) is 0 Å². The summed E-state index contributed by atoms with van der Waals surface area (Å²) >= 11 is 3.36. The number of hydrogen-bond donors (Lipinski definition) is 2. The molecule has 0 atom stereocenters. The van der Waals surface area contributed by atoms with Gasteiger partial charge in [0.15, 0.2) is 11.5 Å². The number of piperazine rings is 1. The molecule has 5 nitrogen and oxygen atoms in total. The number of hydrogen-bond acceptors (Lipinski definition) is 5. The Morgan fingerprint density at radius 3 is 2.58 bits per heavy atom. The van der Waals surface area contributed by atoms with Crippen LogP contribution >= 0.6 is 15.9 Å². The molecule has 0 aliphatic carbocycles. The highest BCUT2D eigenvalue weighted by Crippen LogP contribution is 2.43. The number of phenolic OH excluding ortho intramolecular Hbond substituents is 1. The fourth-order valence-electron chi connectivity index (χ4n) is 2.22. The van der Waals surface area contributed by atoms with Crippen LogP contribution in [-0.4, -0.2) is 50.4 Å². The van der Waals surface area contributed by atoms with E-state index in [1.807, 2.05) is 6.07 Å². The molecule has 106 valence electrons. The van der Waals surface area contributed by atoms with Gasteiger partial charge >= 0.3 is 0 Å². The van der Waals surface area contributed by atoms with Crippen molar-refractivity contribution in [1.82, 2.24) is 10.2 Å². The maximum Gasteiger partial charge on any atom is 0.178 e. The molecule has 1 aromatic carbocycles. The van der Waals surface area contributed by atoms with Gasteiger partial charge in [-0.25, -0.2) is 0 Å². The summed E-state index contributed by atoms with van der Waals surface area (Å²) in [5, 5.41) is 13.5. The van der Waals surface area contributed by atoms with E-state index < -0.39 is 0 Å². The smallest absolute Gasteiger partial charge is 0.178 e. The molecule has 2 N–H and O–H groups in total. The van der Waals surface area contributed by atoms with E-state index in [2.05, 4.69) is 26.1 Å². The van der Waals surface area contributed by atoms with E-state index in [0.717, 1.165) is 31.7 Å². The molecule has 1 heterocycles. The van der Waals surface area contributed by atoms with Crippen LogP contribution in [0.3, 0.4) is 0 Å². The Morgan fingerprint density at radius 1 is 1.32 bits per heavy atom. The van der Waals surface area contributed by atoms with Crippen molar-refractivity contribution >= 4 is 15.9 Å². The Bertz CT molecular complexity index is 448. The summed E-state index contributed by atoms with van der Waals surface area (Å²) in [7, 11) is 3.15. The first-order valence-electron chi connectivity index (χ1n) is 6.22. The van der Waals surface area contributed by atoms with E-state index >= 15 is 0 Å². The van der Waals surface area contributed by atoms with Crippen LogP contribution in [0.1, 0.15) is 5.56 Å². The first-order valence-corrected chi connectivity index (χ1v) is 7.02. The first kappa shape index (κ1) is 14.4. The van der Waals surface area contributed by atoms with Crippen LogP contribution in [0.15, 0.2) is 10.5 Å². The molecule has 6 heteroatoms. The van der Waals surface area contributed by atoms with Crippen molar-refractivity contribution in [2.75, 3.05) is 40.4 Å². The van der Waals surface area contributed by atoms with Gasteiger partial charge in [-0.2, -0.15) is 0 Å². The number of rotatable bonds is 4. The maximum absolute atomic E-state index is 10.2. The van der Waals surface area contributed by atoms with Gasteiger partial charge in [0.1, 0.15) is 10.2 Å². The second kappa shape index (κ2) is 6.45. The maximum atomic E-state index is 10.2. The molecule has 19 heavy (non-hydrogen) atoms. The molecule has 1 aliphatic rings. The van der Waals surface area contributed by atoms with Crippen molar-refractivity contribution in [2.45, 2.75) is 6.54 Å². The Balaban J connectivity index is 2.26. The number of aromatic hydroxyl groups is 1. The molecule has 0 spiro atoms. The normalized spacial score (nSPS) is 16.4. The number of ether oxygens (including phenoxy) is 2. The van der Waals surface area contributed by atoms with Crippen molar-refractivity contribution in [3.8, 4) is 17.2 Å². The Morgan fingerprint density at radius 2 is 2.00 bits per heavy atom. The summed E-state index contributed by atoms with van der Waals surface area (Å²) < 4.78 is 11.1. The molecule has 0 aromatic heterocycles. The molecule has 0 saturated carbocycles. The van der Waals surface area contributed by atoms with E-state index in [9.17, 15) is 5.11 Å². The van der Waals surface area contributed by atoms with E-state index in [0.29, 0.717) is 22.5 Å². The lowest BCUT2D eigenvalue weighted by Crippen LogP contribution is -2.42. The van der Waals surface area contributed by atoms with Gasteiger partial charge < -0.3 is 19.9 Å². The van der Waals surface area contributed by atoms with Crippen molar-refractivity contribution in [3.05, 3.63) is 16.1 Å². The quantitative estimate of drug-likeness (QED) is 0.877. The third kappa shape index (κ3) is 3.13. The fourth-order valence-corrected chi connectivity index (χ4v) is 2.83. The molecule has 2 rings (SSSR count). The average molecular weight is 331 g/mol. The lowest BCUT2D eigenvalue weighted by atomic mass is 10.1. The minimum absolute atomic E-state index is 0.219. The SMILES string of the molecule is COc1cc(CN2CCNCC2)c(O)c(Br)c1OC. The molecule has 0 radical (unpaired) electrons. The van der Waals surface area contributed by atoms with Crippen LogP contribution in [-0.2, 0) is 6.54 Å². The van der Waals surface area contributed by atoms with Gasteiger partial charge in [-0.15, -0.1) is 0 Å². The second-order valence-electron chi connectivity index (χ2n) is 4.46. The molecular formula is C13H19BrN2O3. The number of benzene rings is 1. The first-order chi connectivity index (χ1) is 9.17. The van der Waals surface area contributed by atoms with Gasteiger partial charge in [0.2, 0.25) is 0 Å². The topological polar surface area (TPSA) is 54.0 Å². The average Bonchev–Trinajstić information content (AvgIpc) is 2.45. The zero-order valence-corrected chi connectivity index (χ0v) is 12.8. The van der Waals surface area contributed by atoms with Gasteiger partial charge in [0.25, 0.3) is 0 Å². The number of methoxy groups -OCH3 is 2. The van der Waals surface area contributed by atoms with Crippen LogP contribution in [0.4, 0.5) is 0 Å². The summed E-state index contributed by atoms with van der Waals surface area (Å²) in [5.74, 6) is 1.36. The van der Waals surface area contributed by atoms with Crippen LogP contribution in [0.25, 0.3) is 0 Å². The highest BCUT2D eigenvalue weighted by molar-refractivity contribution is 9.10. The molecule has 1 fully saturated rings. The van der Waals surface area contributed by atoms with E-state index in [1.165, 1.54) is 0 Å². The standard InChI is InChI=1S/C13H19BrN2O3/c1-18-10-7-9(8-16-5-3-15-4-6-16)12(17)11(14)13(10)19-2/h7,15,17H,3-6,8H2,1-2H3. The monoisotopic (exact) mass is 330 g/mol. The number of nitrogens with one attached hydrogen (secondary N) is 1. The molecule has 1 saturated heterocycles. The number of halogens is 1. The Labute approximate surface area is 121 Å². The zero-order valence-electron chi connectivity index (χ0n) is 11.2. The van der Waals surface area contributed by atoms with Crippen molar-refractivity contribution < 1.29 is 14.6 Å². The predicted molar refractivity (Wildman–Crippen MR) is 77.1 cm³/mol. The third-order valence-electron chi connectivity index (χ3n) is 3.27. The molecule has 1 aliphatic heterocycles. The minimum atomic E-state index is 0.219. The minimum Gasteiger partial charge on any atom is -0.506 e. The Hall–Kier alpha value is -0.980. The molecule has 1 aromatic rings. The number of phenols is 1. The van der Waals surface area contributed by atoms with Gasteiger partial charge in [0, 0.05) is 38.3 Å². The van der Waals surface area contributed by atoms with Gasteiger partial charge in [0.05, 0.1) is 14.2 Å². The molecular weight excluding hydrogens is 312 g/mol. The van der Waals surface area contributed by atoms with Gasteiger partial charge in [-0.05, 0) is 22.0 Å². The summed E-state index contributed by atoms with van der Waals surface area (Å²) in [5.41, 5.74) is 0.839. The second-order valence-corrected chi connectivity index (χ2v) is 5.25. The fraction of sp³-hybridized carbons (Fsp3) is 0.538. The zero-order chi connectivity index (χ0) is 13.8. The summed E-state index contributed by atoms with van der Waals surface area (Å²) in [6.07, 6.45) is 0. The van der Waals surface area contributed by atoms with E-state index in [-0.39, 0.29) is 5.75 Å². The highest BCUT2D eigenvalue weighted by Gasteiger charge is 2.19. The molecule has 0 unspecified atom stereocenters. The van der Waals surface area contributed by atoms with Gasteiger partial charge in [-0.3, -0.25) is 4.90 Å². The van der Waals surface area contributed by atoms with Gasteiger partial charge in [-0.1, -0.05) is 0 Å². The van der Waals surface area contributed by atoms with Crippen LogP contribution < -0.4 is 14.8 Å².